The van der Waals surface area contributed by atoms with Gasteiger partial charge >= 0.3 is 0 Å². The predicted molar refractivity (Wildman–Crippen MR) is 113 cm³/mol. The Morgan fingerprint density at radius 2 is 1.90 bits per heavy atom. The van der Waals surface area contributed by atoms with Crippen LogP contribution in [-0.2, 0) is 9.59 Å². The van der Waals surface area contributed by atoms with Crippen molar-refractivity contribution < 1.29 is 14.4 Å². The highest BCUT2D eigenvalue weighted by atomic mass is 32.1. The minimum Gasteiger partial charge on any atom is -0.340 e. The fourth-order valence-electron chi connectivity index (χ4n) is 3.31. The minimum absolute atomic E-state index is 0.115. The quantitative estimate of drug-likeness (QED) is 0.694. The van der Waals surface area contributed by atoms with Crippen LogP contribution in [0.4, 0.5) is 10.8 Å². The lowest BCUT2D eigenvalue weighted by molar-refractivity contribution is -0.123. The van der Waals surface area contributed by atoms with Crippen LogP contribution >= 0.6 is 11.3 Å². The van der Waals surface area contributed by atoms with E-state index in [1.54, 1.807) is 24.3 Å². The number of amides is 3. The standard InChI is InChI=1S/C21H20N4O3S/c1-12(2)18-20(28)25(15-9-5-3-7-13(15)19(27)24-18)11-17(26)23-21-22-14-8-4-6-10-16(14)29-21/h3-10,12,18H,11H2,1-2H3,(H,24,27)(H,22,23,26). The summed E-state index contributed by atoms with van der Waals surface area (Å²) in [6.45, 7) is 3.51. The summed E-state index contributed by atoms with van der Waals surface area (Å²) >= 11 is 1.37. The zero-order valence-electron chi connectivity index (χ0n) is 16.0. The van der Waals surface area contributed by atoms with Crippen molar-refractivity contribution in [3.8, 4) is 0 Å². The second-order valence-corrected chi connectivity index (χ2v) is 8.20. The van der Waals surface area contributed by atoms with Crippen molar-refractivity contribution in [1.82, 2.24) is 10.3 Å². The maximum atomic E-state index is 13.1. The van der Waals surface area contributed by atoms with Crippen LogP contribution < -0.4 is 15.5 Å². The second-order valence-electron chi connectivity index (χ2n) is 7.17. The molecule has 1 aliphatic heterocycles. The molecule has 0 aliphatic carbocycles. The summed E-state index contributed by atoms with van der Waals surface area (Å²) in [5.41, 5.74) is 1.60. The highest BCUT2D eigenvalue weighted by molar-refractivity contribution is 7.22. The number of anilines is 2. The van der Waals surface area contributed by atoms with E-state index in [-0.39, 0.29) is 30.2 Å². The van der Waals surface area contributed by atoms with Crippen molar-refractivity contribution in [2.45, 2.75) is 19.9 Å². The van der Waals surface area contributed by atoms with Gasteiger partial charge in [0.2, 0.25) is 11.8 Å². The molecule has 2 heterocycles. The lowest BCUT2D eigenvalue weighted by Crippen LogP contribution is -2.50. The second kappa shape index (κ2) is 7.63. The average molecular weight is 408 g/mol. The van der Waals surface area contributed by atoms with E-state index in [0.29, 0.717) is 16.4 Å². The van der Waals surface area contributed by atoms with Crippen molar-refractivity contribution in [3.63, 3.8) is 0 Å². The van der Waals surface area contributed by atoms with E-state index >= 15 is 0 Å². The Balaban J connectivity index is 1.62. The van der Waals surface area contributed by atoms with E-state index in [1.807, 2.05) is 38.1 Å². The van der Waals surface area contributed by atoms with Crippen molar-refractivity contribution in [1.29, 1.82) is 0 Å². The van der Waals surface area contributed by atoms with Gasteiger partial charge in [0.05, 0.1) is 21.5 Å². The Bertz CT molecular complexity index is 1080. The van der Waals surface area contributed by atoms with E-state index < -0.39 is 6.04 Å². The fraction of sp³-hybridized carbons (Fsp3) is 0.238. The third-order valence-electron chi connectivity index (χ3n) is 4.77. The molecule has 29 heavy (non-hydrogen) atoms. The first-order valence-electron chi connectivity index (χ1n) is 9.30. The first-order chi connectivity index (χ1) is 13.9. The van der Waals surface area contributed by atoms with Crippen molar-refractivity contribution in [2.75, 3.05) is 16.8 Å². The molecule has 0 radical (unpaired) electrons. The molecule has 0 spiro atoms. The number of fused-ring (bicyclic) bond motifs is 2. The van der Waals surface area contributed by atoms with Crippen LogP contribution in [0.2, 0.25) is 0 Å². The number of nitrogens with one attached hydrogen (secondary N) is 2. The summed E-state index contributed by atoms with van der Waals surface area (Å²) in [6, 6.07) is 13.7. The van der Waals surface area contributed by atoms with E-state index in [2.05, 4.69) is 15.6 Å². The molecule has 0 bridgehead atoms. The summed E-state index contributed by atoms with van der Waals surface area (Å²) < 4.78 is 0.966. The molecule has 0 saturated carbocycles. The van der Waals surface area contributed by atoms with Gasteiger partial charge in [-0.2, -0.15) is 0 Å². The fourth-order valence-corrected chi connectivity index (χ4v) is 4.19. The summed E-state index contributed by atoms with van der Waals surface area (Å²) in [5.74, 6) is -1.11. The van der Waals surface area contributed by atoms with Crippen molar-refractivity contribution >= 4 is 50.1 Å². The number of carbonyl (C=O) groups excluding carboxylic acids is 3. The third-order valence-corrected chi connectivity index (χ3v) is 5.72. The van der Waals surface area contributed by atoms with E-state index in [4.69, 9.17) is 0 Å². The summed E-state index contributed by atoms with van der Waals surface area (Å²) in [7, 11) is 0. The van der Waals surface area contributed by atoms with E-state index in [1.165, 1.54) is 16.2 Å². The molecule has 2 aromatic carbocycles. The maximum Gasteiger partial charge on any atom is 0.254 e. The zero-order valence-corrected chi connectivity index (χ0v) is 16.8. The zero-order chi connectivity index (χ0) is 20.5. The first kappa shape index (κ1) is 19.1. The number of benzene rings is 2. The van der Waals surface area contributed by atoms with Crippen LogP contribution in [0.1, 0.15) is 24.2 Å². The van der Waals surface area contributed by atoms with Gasteiger partial charge in [0.15, 0.2) is 5.13 Å². The van der Waals surface area contributed by atoms with Crippen LogP contribution in [0.3, 0.4) is 0 Å². The molecule has 3 amide bonds. The largest absolute Gasteiger partial charge is 0.340 e. The number of carbonyl (C=O) groups is 3. The number of rotatable bonds is 4. The lowest BCUT2D eigenvalue weighted by atomic mass is 10.0. The van der Waals surface area contributed by atoms with Crippen molar-refractivity contribution in [2.24, 2.45) is 5.92 Å². The van der Waals surface area contributed by atoms with Crippen LogP contribution in [0.5, 0.6) is 0 Å². The summed E-state index contributed by atoms with van der Waals surface area (Å²) in [5, 5.41) is 6.03. The van der Waals surface area contributed by atoms with Gasteiger partial charge < -0.3 is 15.5 Å². The van der Waals surface area contributed by atoms with Crippen LogP contribution in [0, 0.1) is 5.92 Å². The van der Waals surface area contributed by atoms with E-state index in [0.717, 1.165) is 10.2 Å². The van der Waals surface area contributed by atoms with Gasteiger partial charge in [0, 0.05) is 0 Å². The number of thiazole rings is 1. The lowest BCUT2D eigenvalue weighted by Gasteiger charge is -2.26. The molecule has 0 fully saturated rings. The average Bonchev–Trinajstić information content (AvgIpc) is 3.07. The van der Waals surface area contributed by atoms with Crippen molar-refractivity contribution in [3.05, 3.63) is 54.1 Å². The third kappa shape index (κ3) is 3.71. The molecule has 1 aromatic heterocycles. The molecule has 1 atom stereocenters. The topological polar surface area (TPSA) is 91.4 Å². The van der Waals surface area contributed by atoms with Gasteiger partial charge in [0.25, 0.3) is 5.91 Å². The molecular formula is C21H20N4O3S. The predicted octanol–water partition coefficient (Wildman–Crippen LogP) is 3.04. The number of nitrogens with zero attached hydrogens (tertiary/aromatic N) is 2. The Kier molecular flexibility index (Phi) is 5.02. The van der Waals surface area contributed by atoms with Gasteiger partial charge in [0.1, 0.15) is 12.6 Å². The van der Waals surface area contributed by atoms with E-state index in [9.17, 15) is 14.4 Å². The highest BCUT2D eigenvalue weighted by Crippen LogP contribution is 2.27. The molecule has 4 rings (SSSR count). The monoisotopic (exact) mass is 408 g/mol. The Morgan fingerprint density at radius 1 is 1.17 bits per heavy atom. The van der Waals surface area contributed by atoms with Gasteiger partial charge in [-0.05, 0) is 30.2 Å². The molecule has 148 valence electrons. The molecule has 1 aliphatic rings. The molecule has 7 nitrogen and oxygen atoms in total. The van der Waals surface area contributed by atoms with Gasteiger partial charge in [-0.15, -0.1) is 0 Å². The van der Waals surface area contributed by atoms with Crippen LogP contribution in [0.15, 0.2) is 48.5 Å². The number of para-hydroxylation sites is 2. The SMILES string of the molecule is CC(C)C1NC(=O)c2ccccc2N(CC(=O)Nc2nc3ccccc3s2)C1=O. The van der Waals surface area contributed by atoms with Gasteiger partial charge in [-0.3, -0.25) is 14.4 Å². The Hall–Kier alpha value is -3.26. The molecule has 8 heteroatoms. The summed E-state index contributed by atoms with van der Waals surface area (Å²) in [4.78, 5) is 44.2. The normalized spacial score (nSPS) is 16.5. The summed E-state index contributed by atoms with van der Waals surface area (Å²) in [6.07, 6.45) is 0. The Labute approximate surface area is 171 Å². The van der Waals surface area contributed by atoms with Gasteiger partial charge in [-0.25, -0.2) is 4.98 Å². The molecular weight excluding hydrogens is 388 g/mol. The van der Waals surface area contributed by atoms with Gasteiger partial charge in [-0.1, -0.05) is 49.4 Å². The highest BCUT2D eigenvalue weighted by Gasteiger charge is 2.36. The number of hydrogen-bond donors (Lipinski definition) is 2. The molecule has 0 saturated heterocycles. The maximum absolute atomic E-state index is 13.1. The smallest absolute Gasteiger partial charge is 0.254 e. The van der Waals surface area contributed by atoms with Crippen LogP contribution in [-0.4, -0.2) is 35.3 Å². The van der Waals surface area contributed by atoms with Crippen LogP contribution in [0.25, 0.3) is 10.2 Å². The number of aromatic nitrogens is 1. The Morgan fingerprint density at radius 3 is 2.66 bits per heavy atom. The number of hydrogen-bond acceptors (Lipinski definition) is 5. The molecule has 2 N–H and O–H groups in total. The molecule has 3 aromatic rings. The molecule has 1 unspecified atom stereocenters. The minimum atomic E-state index is -0.704. The first-order valence-corrected chi connectivity index (χ1v) is 10.1.